The number of esters is 1. The lowest BCUT2D eigenvalue weighted by Crippen LogP contribution is -2.29. The molecule has 0 aromatic heterocycles. The number of hydrogen-bond acceptors (Lipinski definition) is 8. The number of hydrogen-bond donors (Lipinski definition) is 3. The molecule has 0 aromatic rings. The molecule has 0 spiro atoms. The maximum atomic E-state index is 12.5. The van der Waals surface area contributed by atoms with Gasteiger partial charge in [0, 0.05) is 13.0 Å². The molecule has 0 aromatic carbocycles. The van der Waals surface area contributed by atoms with Crippen molar-refractivity contribution in [2.75, 3.05) is 33.0 Å². The number of carbonyl (C=O) groups is 1. The SMILES string of the molecule is CCC/C=C\CCCCCCCCOCC(COP(=O)(O)OCC(O)CO)OC(=O)CCCCCCC/C=C\CCCCCCC. The Morgan fingerprint density at radius 2 is 1.15 bits per heavy atom. The van der Waals surface area contributed by atoms with Gasteiger partial charge in [-0.1, -0.05) is 115 Å². The predicted molar refractivity (Wildman–Crippen MR) is 187 cm³/mol. The van der Waals surface area contributed by atoms with Gasteiger partial charge in [-0.15, -0.1) is 0 Å². The Kier molecular flexibility index (Phi) is 33.0. The van der Waals surface area contributed by atoms with Gasteiger partial charge in [0.2, 0.25) is 0 Å². The van der Waals surface area contributed by atoms with E-state index in [-0.39, 0.29) is 19.6 Å². The number of unbranched alkanes of at least 4 members (excludes halogenated alkanes) is 17. The van der Waals surface area contributed by atoms with Gasteiger partial charge in [-0.25, -0.2) is 4.57 Å². The third kappa shape index (κ3) is 32.9. The van der Waals surface area contributed by atoms with Crippen LogP contribution in [0.15, 0.2) is 24.3 Å². The zero-order valence-corrected chi connectivity index (χ0v) is 30.2. The van der Waals surface area contributed by atoms with E-state index in [0.717, 1.165) is 70.6 Å². The highest BCUT2D eigenvalue weighted by Gasteiger charge is 2.26. The fourth-order valence-electron chi connectivity index (χ4n) is 4.76. The van der Waals surface area contributed by atoms with E-state index >= 15 is 0 Å². The van der Waals surface area contributed by atoms with Gasteiger partial charge in [0.05, 0.1) is 26.4 Å². The van der Waals surface area contributed by atoms with Crippen LogP contribution in [-0.4, -0.2) is 66.3 Å². The lowest BCUT2D eigenvalue weighted by atomic mass is 10.1. The summed E-state index contributed by atoms with van der Waals surface area (Å²) in [5.74, 6) is -0.395. The Balaban J connectivity index is 4.27. The summed E-state index contributed by atoms with van der Waals surface area (Å²) >= 11 is 0. The van der Waals surface area contributed by atoms with E-state index < -0.39 is 39.2 Å². The number of phosphoric ester groups is 1. The lowest BCUT2D eigenvalue weighted by molar-refractivity contribution is -0.154. The van der Waals surface area contributed by atoms with Crippen LogP contribution in [0, 0.1) is 0 Å². The van der Waals surface area contributed by atoms with Crippen molar-refractivity contribution >= 4 is 13.8 Å². The first-order chi connectivity index (χ1) is 22.3. The first-order valence-corrected chi connectivity index (χ1v) is 19.8. The molecule has 46 heavy (non-hydrogen) atoms. The van der Waals surface area contributed by atoms with Gasteiger partial charge in [0.1, 0.15) is 12.2 Å². The molecule has 0 aliphatic carbocycles. The van der Waals surface area contributed by atoms with E-state index in [1.807, 2.05) is 0 Å². The quantitative estimate of drug-likeness (QED) is 0.0260. The third-order valence-electron chi connectivity index (χ3n) is 7.59. The van der Waals surface area contributed by atoms with Crippen molar-refractivity contribution in [2.45, 2.75) is 167 Å². The largest absolute Gasteiger partial charge is 0.472 e. The molecule has 0 saturated carbocycles. The Morgan fingerprint density at radius 1 is 0.652 bits per heavy atom. The van der Waals surface area contributed by atoms with Crippen molar-refractivity contribution in [3.05, 3.63) is 24.3 Å². The molecule has 9 nitrogen and oxygen atoms in total. The molecule has 0 radical (unpaired) electrons. The summed E-state index contributed by atoms with van der Waals surface area (Å²) in [5, 5.41) is 18.2. The predicted octanol–water partition coefficient (Wildman–Crippen LogP) is 9.14. The summed E-state index contributed by atoms with van der Waals surface area (Å²) in [7, 11) is -4.51. The Morgan fingerprint density at radius 3 is 1.72 bits per heavy atom. The van der Waals surface area contributed by atoms with Crippen molar-refractivity contribution in [1.29, 1.82) is 0 Å². The van der Waals surface area contributed by atoms with Gasteiger partial charge in [-0.2, -0.15) is 0 Å². The maximum Gasteiger partial charge on any atom is 0.472 e. The van der Waals surface area contributed by atoms with Crippen LogP contribution in [-0.2, 0) is 27.9 Å². The molecule has 0 aliphatic heterocycles. The molecule has 0 bridgehead atoms. The number of phosphoric acid groups is 1. The van der Waals surface area contributed by atoms with E-state index in [2.05, 4.69) is 38.2 Å². The Hall–Kier alpha value is -1.06. The molecule has 272 valence electrons. The van der Waals surface area contributed by atoms with E-state index in [4.69, 9.17) is 23.6 Å². The summed E-state index contributed by atoms with van der Waals surface area (Å²) in [6, 6.07) is 0. The third-order valence-corrected chi connectivity index (χ3v) is 8.54. The molecule has 0 rings (SSSR count). The Labute approximate surface area is 281 Å². The van der Waals surface area contributed by atoms with Crippen molar-refractivity contribution in [1.82, 2.24) is 0 Å². The molecule has 0 amide bonds. The number of rotatable bonds is 35. The van der Waals surface area contributed by atoms with Crippen molar-refractivity contribution < 1.29 is 43.0 Å². The van der Waals surface area contributed by atoms with Crippen molar-refractivity contribution in [3.8, 4) is 0 Å². The highest BCUT2D eigenvalue weighted by molar-refractivity contribution is 7.47. The molecule has 3 atom stereocenters. The summed E-state index contributed by atoms with van der Waals surface area (Å²) in [4.78, 5) is 22.4. The smallest absolute Gasteiger partial charge is 0.457 e. The summed E-state index contributed by atoms with van der Waals surface area (Å²) < 4.78 is 33.1. The van der Waals surface area contributed by atoms with E-state index in [0.29, 0.717) is 6.61 Å². The van der Waals surface area contributed by atoms with Gasteiger partial charge >= 0.3 is 13.8 Å². The van der Waals surface area contributed by atoms with Crippen LogP contribution in [0.4, 0.5) is 0 Å². The molecular formula is C36H69O9P. The van der Waals surface area contributed by atoms with E-state index in [1.165, 1.54) is 64.2 Å². The molecular weight excluding hydrogens is 607 g/mol. The monoisotopic (exact) mass is 676 g/mol. The molecule has 0 heterocycles. The van der Waals surface area contributed by atoms with Gasteiger partial charge < -0.3 is 24.6 Å². The van der Waals surface area contributed by atoms with Crippen LogP contribution in [0.3, 0.4) is 0 Å². The molecule has 3 unspecified atom stereocenters. The average molecular weight is 677 g/mol. The van der Waals surface area contributed by atoms with Crippen LogP contribution in [0.2, 0.25) is 0 Å². The normalized spacial score (nSPS) is 14.6. The van der Waals surface area contributed by atoms with E-state index in [9.17, 15) is 19.4 Å². The Bertz CT molecular complexity index is 775. The van der Waals surface area contributed by atoms with Gasteiger partial charge in [0.15, 0.2) is 0 Å². The zero-order chi connectivity index (χ0) is 34.0. The lowest BCUT2D eigenvalue weighted by Gasteiger charge is -2.20. The minimum absolute atomic E-state index is 0.0430. The van der Waals surface area contributed by atoms with Crippen molar-refractivity contribution in [2.24, 2.45) is 0 Å². The standard InChI is InChI=1S/C36H69O9P/c1-3-5-7-9-11-13-15-16-17-18-20-22-24-26-28-36(39)45-35(33-44-46(40,41)43-31-34(38)30-37)32-42-29-27-25-23-21-19-14-12-10-8-6-4-2/h8,10,15-16,34-35,37-38H,3-7,9,11-14,17-33H2,1-2H3,(H,40,41)/b10-8-,16-15-. The number of aliphatic hydroxyl groups is 2. The van der Waals surface area contributed by atoms with Crippen molar-refractivity contribution in [3.63, 3.8) is 0 Å². The average Bonchev–Trinajstić information content (AvgIpc) is 3.04. The minimum Gasteiger partial charge on any atom is -0.457 e. The zero-order valence-electron chi connectivity index (χ0n) is 29.3. The minimum atomic E-state index is -4.51. The van der Waals surface area contributed by atoms with Crippen LogP contribution in [0.5, 0.6) is 0 Å². The van der Waals surface area contributed by atoms with Crippen LogP contribution >= 0.6 is 7.82 Å². The van der Waals surface area contributed by atoms with E-state index in [1.54, 1.807) is 0 Å². The topological polar surface area (TPSA) is 132 Å². The van der Waals surface area contributed by atoms with Crippen LogP contribution < -0.4 is 0 Å². The summed E-state index contributed by atoms with van der Waals surface area (Å²) in [6.07, 6.45) is 31.3. The molecule has 10 heteroatoms. The number of allylic oxidation sites excluding steroid dienone is 4. The highest BCUT2D eigenvalue weighted by atomic mass is 31.2. The number of carbonyl (C=O) groups excluding carboxylic acids is 1. The molecule has 3 N–H and O–H groups in total. The molecule has 0 aliphatic rings. The van der Waals surface area contributed by atoms with Gasteiger partial charge in [-0.3, -0.25) is 13.8 Å². The fourth-order valence-corrected chi connectivity index (χ4v) is 5.55. The number of ether oxygens (including phenoxy) is 2. The molecule has 0 fully saturated rings. The molecule has 0 saturated heterocycles. The van der Waals surface area contributed by atoms with Crippen LogP contribution in [0.1, 0.15) is 155 Å². The second kappa shape index (κ2) is 33.8. The fraction of sp³-hybridized carbons (Fsp3) is 0.861. The second-order valence-corrected chi connectivity index (χ2v) is 13.7. The summed E-state index contributed by atoms with van der Waals surface area (Å²) in [5.41, 5.74) is 0. The van der Waals surface area contributed by atoms with Crippen LogP contribution in [0.25, 0.3) is 0 Å². The second-order valence-electron chi connectivity index (χ2n) is 12.2. The van der Waals surface area contributed by atoms with Gasteiger partial charge in [0.25, 0.3) is 0 Å². The first-order valence-electron chi connectivity index (χ1n) is 18.3. The number of aliphatic hydroxyl groups excluding tert-OH is 2. The highest BCUT2D eigenvalue weighted by Crippen LogP contribution is 2.43. The van der Waals surface area contributed by atoms with Gasteiger partial charge in [-0.05, 0) is 57.8 Å². The summed E-state index contributed by atoms with van der Waals surface area (Å²) in [6.45, 7) is 3.42. The maximum absolute atomic E-state index is 12.5. The first kappa shape index (κ1) is 44.9.